The summed E-state index contributed by atoms with van der Waals surface area (Å²) in [6.45, 7) is 3.77. The SMILES string of the molecule is CC1(C)CC=C(OS(=O)(=O)C(F)(F)F)OC1. The second-order valence-electron chi connectivity index (χ2n) is 4.16. The van der Waals surface area contributed by atoms with E-state index in [1.807, 2.05) is 13.8 Å². The lowest BCUT2D eigenvalue weighted by molar-refractivity contribution is -0.0588. The first kappa shape index (κ1) is 13.1. The molecule has 0 radical (unpaired) electrons. The lowest BCUT2D eigenvalue weighted by Crippen LogP contribution is -2.29. The Balaban J connectivity index is 2.75. The van der Waals surface area contributed by atoms with E-state index in [1.54, 1.807) is 0 Å². The quantitative estimate of drug-likeness (QED) is 0.564. The zero-order valence-corrected chi connectivity index (χ0v) is 9.48. The van der Waals surface area contributed by atoms with Gasteiger partial charge in [-0.2, -0.15) is 21.6 Å². The first-order chi connectivity index (χ1) is 7.04. The zero-order chi connectivity index (χ0) is 12.6. The average Bonchev–Trinajstić information content (AvgIpc) is 2.06. The zero-order valence-electron chi connectivity index (χ0n) is 8.67. The van der Waals surface area contributed by atoms with Crippen LogP contribution < -0.4 is 0 Å². The molecule has 16 heavy (non-hydrogen) atoms. The number of hydrogen-bond donors (Lipinski definition) is 0. The number of halogens is 3. The van der Waals surface area contributed by atoms with Gasteiger partial charge in [-0.25, -0.2) is 0 Å². The first-order valence-electron chi connectivity index (χ1n) is 4.37. The summed E-state index contributed by atoms with van der Waals surface area (Å²) in [5.74, 6) is -0.614. The maximum Gasteiger partial charge on any atom is 0.534 e. The number of rotatable bonds is 2. The molecule has 0 unspecified atom stereocenters. The van der Waals surface area contributed by atoms with E-state index in [2.05, 4.69) is 4.18 Å². The fraction of sp³-hybridized carbons (Fsp3) is 0.750. The van der Waals surface area contributed by atoms with E-state index >= 15 is 0 Å². The third-order valence-electron chi connectivity index (χ3n) is 1.90. The summed E-state index contributed by atoms with van der Waals surface area (Å²) in [5.41, 5.74) is -5.68. The Morgan fingerprint density at radius 3 is 2.38 bits per heavy atom. The van der Waals surface area contributed by atoms with E-state index < -0.39 is 21.6 Å². The van der Waals surface area contributed by atoms with E-state index in [-0.39, 0.29) is 12.0 Å². The van der Waals surface area contributed by atoms with Gasteiger partial charge in [-0.3, -0.25) is 0 Å². The van der Waals surface area contributed by atoms with Gasteiger partial charge in [0.15, 0.2) is 0 Å². The number of hydrogen-bond acceptors (Lipinski definition) is 4. The van der Waals surface area contributed by atoms with Gasteiger partial charge in [0.25, 0.3) is 5.95 Å². The number of allylic oxidation sites excluding steroid dienone is 1. The van der Waals surface area contributed by atoms with Crippen LogP contribution in [0.4, 0.5) is 13.2 Å². The molecule has 1 heterocycles. The summed E-state index contributed by atoms with van der Waals surface area (Å²) in [6.07, 6.45) is 1.57. The standard InChI is InChI=1S/C8H11F3O4S/c1-7(2)4-3-6(14-5-7)15-16(12,13)8(9,10)11/h3H,4-5H2,1-2H3. The van der Waals surface area contributed by atoms with Crippen LogP contribution in [0.15, 0.2) is 12.0 Å². The minimum atomic E-state index is -5.63. The highest BCUT2D eigenvalue weighted by Gasteiger charge is 2.49. The van der Waals surface area contributed by atoms with Gasteiger partial charge in [0.05, 0.1) is 6.61 Å². The lowest BCUT2D eigenvalue weighted by Gasteiger charge is -2.28. The molecule has 1 rings (SSSR count). The molecule has 94 valence electrons. The van der Waals surface area contributed by atoms with Gasteiger partial charge in [-0.05, 0) is 12.5 Å². The van der Waals surface area contributed by atoms with Crippen LogP contribution >= 0.6 is 0 Å². The molecule has 0 bridgehead atoms. The summed E-state index contributed by atoms with van der Waals surface area (Å²) in [5, 5.41) is 0. The first-order valence-corrected chi connectivity index (χ1v) is 5.78. The van der Waals surface area contributed by atoms with E-state index in [1.165, 1.54) is 6.08 Å². The molecule has 0 fully saturated rings. The summed E-state index contributed by atoms with van der Waals surface area (Å²) >= 11 is 0. The van der Waals surface area contributed by atoms with Crippen molar-refractivity contribution in [3.8, 4) is 0 Å². The predicted molar refractivity (Wildman–Crippen MR) is 48.5 cm³/mol. The third kappa shape index (κ3) is 3.03. The van der Waals surface area contributed by atoms with Crippen LogP contribution in [0.3, 0.4) is 0 Å². The van der Waals surface area contributed by atoms with Crippen LogP contribution in [0.5, 0.6) is 0 Å². The summed E-state index contributed by atoms with van der Waals surface area (Å²) in [7, 11) is -5.63. The molecule has 4 nitrogen and oxygen atoms in total. The number of ether oxygens (including phenoxy) is 1. The van der Waals surface area contributed by atoms with Gasteiger partial charge >= 0.3 is 15.6 Å². The smallest absolute Gasteiger partial charge is 0.464 e. The van der Waals surface area contributed by atoms with Gasteiger partial charge in [-0.15, -0.1) is 0 Å². The average molecular weight is 260 g/mol. The second kappa shape index (κ2) is 3.83. The van der Waals surface area contributed by atoms with Crippen molar-refractivity contribution >= 4 is 10.1 Å². The Labute approximate surface area is 91.2 Å². The molecule has 0 aliphatic carbocycles. The van der Waals surface area contributed by atoms with Crippen molar-refractivity contribution in [2.24, 2.45) is 5.41 Å². The molecular formula is C8H11F3O4S. The molecule has 0 aromatic rings. The van der Waals surface area contributed by atoms with Crippen molar-refractivity contribution in [1.82, 2.24) is 0 Å². The van der Waals surface area contributed by atoms with Gasteiger partial charge in [0.2, 0.25) is 0 Å². The van der Waals surface area contributed by atoms with E-state index in [4.69, 9.17) is 4.74 Å². The minimum absolute atomic E-state index is 0.103. The van der Waals surface area contributed by atoms with Crippen molar-refractivity contribution in [1.29, 1.82) is 0 Å². The molecule has 0 N–H and O–H groups in total. The van der Waals surface area contributed by atoms with Gasteiger partial charge in [-0.1, -0.05) is 13.8 Å². The van der Waals surface area contributed by atoms with Gasteiger partial charge in [0.1, 0.15) is 0 Å². The maximum atomic E-state index is 11.9. The highest BCUT2D eigenvalue weighted by Crippen LogP contribution is 2.32. The van der Waals surface area contributed by atoms with Crippen LogP contribution in [-0.4, -0.2) is 20.5 Å². The van der Waals surface area contributed by atoms with E-state index in [0.717, 1.165) is 0 Å². The molecule has 0 spiro atoms. The van der Waals surface area contributed by atoms with E-state index in [0.29, 0.717) is 6.42 Å². The predicted octanol–water partition coefficient (Wildman–Crippen LogP) is 2.14. The highest BCUT2D eigenvalue weighted by atomic mass is 32.2. The minimum Gasteiger partial charge on any atom is -0.464 e. The fourth-order valence-corrected chi connectivity index (χ4v) is 1.38. The monoisotopic (exact) mass is 260 g/mol. The normalized spacial score (nSPS) is 20.9. The van der Waals surface area contributed by atoms with Gasteiger partial charge in [0, 0.05) is 5.41 Å². The maximum absolute atomic E-state index is 11.9. The second-order valence-corrected chi connectivity index (χ2v) is 5.70. The fourth-order valence-electron chi connectivity index (χ4n) is 0.957. The molecule has 8 heteroatoms. The summed E-state index contributed by atoms with van der Waals surface area (Å²) < 4.78 is 65.7. The van der Waals surface area contributed by atoms with Crippen LogP contribution in [0.25, 0.3) is 0 Å². The topological polar surface area (TPSA) is 52.6 Å². The Kier molecular flexibility index (Phi) is 3.15. The molecule has 1 aliphatic rings. The Bertz CT molecular complexity index is 394. The summed E-state index contributed by atoms with van der Waals surface area (Å²) in [4.78, 5) is 0. The van der Waals surface area contributed by atoms with E-state index in [9.17, 15) is 21.6 Å². The third-order valence-corrected chi connectivity index (χ3v) is 2.85. The molecule has 0 saturated heterocycles. The number of alkyl halides is 3. The van der Waals surface area contributed by atoms with Crippen molar-refractivity contribution in [3.05, 3.63) is 12.0 Å². The molecule has 0 aromatic heterocycles. The molecule has 0 atom stereocenters. The van der Waals surface area contributed by atoms with Crippen molar-refractivity contribution in [2.75, 3.05) is 6.61 Å². The molecule has 1 aliphatic heterocycles. The van der Waals surface area contributed by atoms with Crippen molar-refractivity contribution < 1.29 is 30.5 Å². The van der Waals surface area contributed by atoms with Crippen LogP contribution in [0.2, 0.25) is 0 Å². The molecule has 0 amide bonds. The lowest BCUT2D eigenvalue weighted by atomic mass is 9.89. The largest absolute Gasteiger partial charge is 0.534 e. The van der Waals surface area contributed by atoms with Crippen molar-refractivity contribution in [3.63, 3.8) is 0 Å². The van der Waals surface area contributed by atoms with Crippen LogP contribution in [0, 0.1) is 5.41 Å². The Morgan fingerprint density at radius 1 is 1.44 bits per heavy atom. The Hall–Kier alpha value is -0.920. The van der Waals surface area contributed by atoms with Crippen LogP contribution in [0.1, 0.15) is 20.3 Å². The molecule has 0 saturated carbocycles. The van der Waals surface area contributed by atoms with Crippen molar-refractivity contribution in [2.45, 2.75) is 25.8 Å². The van der Waals surface area contributed by atoms with Crippen LogP contribution in [-0.2, 0) is 19.0 Å². The highest BCUT2D eigenvalue weighted by molar-refractivity contribution is 7.87. The molecule has 0 aromatic carbocycles. The van der Waals surface area contributed by atoms with Gasteiger partial charge < -0.3 is 8.92 Å². The Morgan fingerprint density at radius 2 is 2.00 bits per heavy atom. The molecular weight excluding hydrogens is 249 g/mol. The summed E-state index contributed by atoms with van der Waals surface area (Å²) in [6, 6.07) is 0.